The number of amides is 1. The van der Waals surface area contributed by atoms with E-state index in [-0.39, 0.29) is 18.5 Å². The van der Waals surface area contributed by atoms with Crippen LogP contribution in [-0.2, 0) is 27.2 Å². The second kappa shape index (κ2) is 6.36. The van der Waals surface area contributed by atoms with Gasteiger partial charge in [-0.15, -0.1) is 0 Å². The Balaban J connectivity index is 1.84. The van der Waals surface area contributed by atoms with Crippen LogP contribution in [0.2, 0.25) is 0 Å². The van der Waals surface area contributed by atoms with Crippen molar-refractivity contribution in [2.24, 2.45) is 0 Å². The number of carbonyl (C=O) groups excluding carboxylic acids is 2. The maximum atomic E-state index is 11.6. The summed E-state index contributed by atoms with van der Waals surface area (Å²) >= 11 is 0. The van der Waals surface area contributed by atoms with E-state index in [1.54, 1.807) is 0 Å². The Morgan fingerprint density at radius 3 is 2.84 bits per heavy atom. The summed E-state index contributed by atoms with van der Waals surface area (Å²) in [5.74, 6) is -0.617. The smallest absolute Gasteiger partial charge is 0.306 e. The lowest BCUT2D eigenvalue weighted by atomic mass is 10.1. The highest BCUT2D eigenvalue weighted by atomic mass is 16.5. The molecule has 0 bridgehead atoms. The first-order chi connectivity index (χ1) is 9.19. The highest BCUT2D eigenvalue weighted by molar-refractivity contribution is 5.92. The molecule has 0 aliphatic heterocycles. The molecule has 0 saturated heterocycles. The van der Waals surface area contributed by atoms with Crippen molar-refractivity contribution >= 4 is 17.6 Å². The zero-order valence-corrected chi connectivity index (χ0v) is 11.2. The fourth-order valence-corrected chi connectivity index (χ4v) is 2.27. The van der Waals surface area contributed by atoms with Crippen LogP contribution < -0.4 is 5.32 Å². The van der Waals surface area contributed by atoms with Crippen LogP contribution in [0, 0.1) is 0 Å². The molecule has 0 heterocycles. The Morgan fingerprint density at radius 1 is 1.26 bits per heavy atom. The number of carbonyl (C=O) groups is 2. The number of fused-ring (bicyclic) bond motifs is 1. The summed E-state index contributed by atoms with van der Waals surface area (Å²) in [7, 11) is 0. The summed E-state index contributed by atoms with van der Waals surface area (Å²) in [5.41, 5.74) is 3.45. The van der Waals surface area contributed by atoms with E-state index in [9.17, 15) is 9.59 Å². The topological polar surface area (TPSA) is 55.4 Å². The van der Waals surface area contributed by atoms with Gasteiger partial charge in [0.05, 0.1) is 0 Å². The van der Waals surface area contributed by atoms with Gasteiger partial charge in [0.25, 0.3) is 5.91 Å². The van der Waals surface area contributed by atoms with Crippen LogP contribution in [0.25, 0.3) is 0 Å². The lowest BCUT2D eigenvalue weighted by Crippen LogP contribution is -2.20. The third-order valence-corrected chi connectivity index (χ3v) is 3.20. The van der Waals surface area contributed by atoms with Gasteiger partial charge in [0.1, 0.15) is 0 Å². The lowest BCUT2D eigenvalue weighted by molar-refractivity contribution is -0.147. The zero-order chi connectivity index (χ0) is 13.7. The van der Waals surface area contributed by atoms with E-state index >= 15 is 0 Å². The first-order valence-electron chi connectivity index (χ1n) is 6.76. The number of aryl methyl sites for hydroxylation is 2. The lowest BCUT2D eigenvalue weighted by Gasteiger charge is -2.08. The minimum Gasteiger partial charge on any atom is -0.456 e. The standard InChI is InChI=1S/C15H19NO3/c1-2-4-15(18)19-10-14(17)16-13-8-7-11-5-3-6-12(11)9-13/h7-9H,2-6,10H2,1H3,(H,16,17). The second-order valence-electron chi connectivity index (χ2n) is 4.80. The van der Waals surface area contributed by atoms with Gasteiger partial charge in [-0.3, -0.25) is 9.59 Å². The van der Waals surface area contributed by atoms with Crippen molar-refractivity contribution in [2.45, 2.75) is 39.0 Å². The maximum absolute atomic E-state index is 11.6. The molecule has 102 valence electrons. The van der Waals surface area contributed by atoms with E-state index in [1.165, 1.54) is 17.5 Å². The molecule has 0 atom stereocenters. The van der Waals surface area contributed by atoms with Crippen LogP contribution in [0.3, 0.4) is 0 Å². The Kier molecular flexibility index (Phi) is 4.55. The van der Waals surface area contributed by atoms with Gasteiger partial charge in [-0.2, -0.15) is 0 Å². The average Bonchev–Trinajstić information content (AvgIpc) is 2.84. The summed E-state index contributed by atoms with van der Waals surface area (Å²) in [5, 5.41) is 2.75. The van der Waals surface area contributed by atoms with E-state index < -0.39 is 0 Å². The van der Waals surface area contributed by atoms with E-state index in [2.05, 4.69) is 11.4 Å². The van der Waals surface area contributed by atoms with E-state index in [0.29, 0.717) is 6.42 Å². The van der Waals surface area contributed by atoms with Gasteiger partial charge in [-0.05, 0) is 48.9 Å². The van der Waals surface area contributed by atoms with E-state index in [1.807, 2.05) is 19.1 Å². The molecule has 0 spiro atoms. The molecule has 1 aromatic carbocycles. The molecular weight excluding hydrogens is 242 g/mol. The van der Waals surface area contributed by atoms with Gasteiger partial charge in [0.2, 0.25) is 0 Å². The van der Waals surface area contributed by atoms with Crippen molar-refractivity contribution in [3.63, 3.8) is 0 Å². The predicted molar refractivity (Wildman–Crippen MR) is 73.0 cm³/mol. The van der Waals surface area contributed by atoms with Gasteiger partial charge in [0, 0.05) is 12.1 Å². The summed E-state index contributed by atoms with van der Waals surface area (Å²) in [6.07, 6.45) is 4.46. The molecule has 19 heavy (non-hydrogen) atoms. The fraction of sp³-hybridized carbons (Fsp3) is 0.467. The largest absolute Gasteiger partial charge is 0.456 e. The highest BCUT2D eigenvalue weighted by Crippen LogP contribution is 2.24. The zero-order valence-electron chi connectivity index (χ0n) is 11.2. The number of hydrogen-bond donors (Lipinski definition) is 1. The van der Waals surface area contributed by atoms with Crippen molar-refractivity contribution in [3.8, 4) is 0 Å². The van der Waals surface area contributed by atoms with Crippen molar-refractivity contribution in [3.05, 3.63) is 29.3 Å². The number of nitrogens with one attached hydrogen (secondary N) is 1. The molecule has 1 aromatic rings. The van der Waals surface area contributed by atoms with Gasteiger partial charge in [-0.1, -0.05) is 13.0 Å². The average molecular weight is 261 g/mol. The number of esters is 1. The molecule has 4 heteroatoms. The van der Waals surface area contributed by atoms with Crippen LogP contribution in [0.4, 0.5) is 5.69 Å². The summed E-state index contributed by atoms with van der Waals surface area (Å²) in [6.45, 7) is 1.68. The monoisotopic (exact) mass is 261 g/mol. The Labute approximate surface area is 113 Å². The quantitative estimate of drug-likeness (QED) is 0.828. The van der Waals surface area contributed by atoms with E-state index in [0.717, 1.165) is 24.9 Å². The fourth-order valence-electron chi connectivity index (χ4n) is 2.27. The Morgan fingerprint density at radius 2 is 2.05 bits per heavy atom. The van der Waals surface area contributed by atoms with Gasteiger partial charge in [-0.25, -0.2) is 0 Å². The van der Waals surface area contributed by atoms with Crippen LogP contribution in [0.5, 0.6) is 0 Å². The first kappa shape index (κ1) is 13.6. The molecule has 0 fully saturated rings. The summed E-state index contributed by atoms with van der Waals surface area (Å²) in [6, 6.07) is 5.96. The minimum atomic E-state index is -0.327. The third kappa shape index (κ3) is 3.81. The van der Waals surface area contributed by atoms with Crippen molar-refractivity contribution < 1.29 is 14.3 Å². The second-order valence-corrected chi connectivity index (χ2v) is 4.80. The molecule has 1 N–H and O–H groups in total. The Bertz CT molecular complexity index is 482. The number of anilines is 1. The summed E-state index contributed by atoms with van der Waals surface area (Å²) < 4.78 is 4.86. The van der Waals surface area contributed by atoms with E-state index in [4.69, 9.17) is 4.74 Å². The Hall–Kier alpha value is -1.84. The van der Waals surface area contributed by atoms with Crippen molar-refractivity contribution in [1.29, 1.82) is 0 Å². The number of benzene rings is 1. The molecule has 0 unspecified atom stereocenters. The minimum absolute atomic E-state index is 0.212. The van der Waals surface area contributed by atoms with Crippen LogP contribution in [0.1, 0.15) is 37.3 Å². The molecular formula is C15H19NO3. The molecule has 0 saturated carbocycles. The van der Waals surface area contributed by atoms with Gasteiger partial charge >= 0.3 is 5.97 Å². The molecule has 0 radical (unpaired) electrons. The number of ether oxygens (including phenoxy) is 1. The molecule has 0 aromatic heterocycles. The molecule has 1 aliphatic carbocycles. The number of rotatable bonds is 5. The molecule has 1 aliphatic rings. The van der Waals surface area contributed by atoms with Crippen LogP contribution in [0.15, 0.2) is 18.2 Å². The SMILES string of the molecule is CCCC(=O)OCC(=O)Nc1ccc2c(c1)CCC2. The highest BCUT2D eigenvalue weighted by Gasteiger charge is 2.12. The number of hydrogen-bond acceptors (Lipinski definition) is 3. The molecule has 4 nitrogen and oxygen atoms in total. The molecule has 2 rings (SSSR count). The summed E-state index contributed by atoms with van der Waals surface area (Å²) in [4.78, 5) is 22.8. The first-order valence-corrected chi connectivity index (χ1v) is 6.76. The van der Waals surface area contributed by atoms with Crippen LogP contribution >= 0.6 is 0 Å². The predicted octanol–water partition coefficient (Wildman–Crippen LogP) is 2.46. The normalized spacial score (nSPS) is 12.9. The maximum Gasteiger partial charge on any atom is 0.306 e. The van der Waals surface area contributed by atoms with Crippen molar-refractivity contribution in [2.75, 3.05) is 11.9 Å². The van der Waals surface area contributed by atoms with Crippen LogP contribution in [-0.4, -0.2) is 18.5 Å². The van der Waals surface area contributed by atoms with Gasteiger partial charge in [0.15, 0.2) is 6.61 Å². The van der Waals surface area contributed by atoms with Crippen molar-refractivity contribution in [1.82, 2.24) is 0 Å². The molecule has 1 amide bonds. The third-order valence-electron chi connectivity index (χ3n) is 3.20. The van der Waals surface area contributed by atoms with Gasteiger partial charge < -0.3 is 10.1 Å².